The number of fused-ring (bicyclic) bond motifs is 6. The minimum Gasteiger partial charge on any atom is -0.309 e. The first-order chi connectivity index (χ1) is 43.8. The topological polar surface area (TPSA) is 48.5 Å². The smallest absolute Gasteiger partial charge is 0.126 e. The predicted octanol–water partition coefficient (Wildman–Crippen LogP) is 21.7. The van der Waals surface area contributed by atoms with Crippen molar-refractivity contribution in [1.82, 2.24) is 24.1 Å². The lowest BCUT2D eigenvalue weighted by Gasteiger charge is -2.22. The molecular weight excluding hydrogens is 1090 g/mol. The Morgan fingerprint density at radius 1 is 0.258 bits per heavy atom. The summed E-state index contributed by atoms with van der Waals surface area (Å²) >= 11 is 0. The Balaban J connectivity index is 0.952. The normalized spacial score (nSPS) is 11.5. The summed E-state index contributed by atoms with van der Waals surface area (Å²) in [6, 6.07) is 96.9. The third-order valence-electron chi connectivity index (χ3n) is 17.4. The fraction of sp³-hybridized carbons (Fsp3) is 0.0122. The highest BCUT2D eigenvalue weighted by molar-refractivity contribution is 6.13. The van der Waals surface area contributed by atoms with Gasteiger partial charge in [0.15, 0.2) is 0 Å². The molecule has 5 nitrogen and oxygen atoms in total. The molecule has 0 spiro atoms. The van der Waals surface area contributed by atoms with Gasteiger partial charge in [-0.2, -0.15) is 0 Å². The van der Waals surface area contributed by atoms with Gasteiger partial charge in [0.25, 0.3) is 0 Å². The van der Waals surface area contributed by atoms with Gasteiger partial charge in [0.1, 0.15) is 11.6 Å². The monoisotopic (exact) mass is 1150 g/mol. The second kappa shape index (κ2) is 22.0. The van der Waals surface area contributed by atoms with Crippen molar-refractivity contribution in [3.05, 3.63) is 321 Å². The Morgan fingerprint density at radius 2 is 0.573 bits per heavy atom. The van der Waals surface area contributed by atoms with Gasteiger partial charge in [-0.25, -0.2) is 8.78 Å². The number of hydrogen-bond donors (Lipinski definition) is 0. The number of nitrogens with zero attached hydrogens (tertiary/aromatic N) is 5. The van der Waals surface area contributed by atoms with E-state index in [2.05, 4.69) is 216 Å². The van der Waals surface area contributed by atoms with Crippen molar-refractivity contribution in [2.45, 2.75) is 6.92 Å². The highest BCUT2D eigenvalue weighted by Crippen LogP contribution is 2.45. The van der Waals surface area contributed by atoms with E-state index in [0.717, 1.165) is 156 Å². The average Bonchev–Trinajstić information content (AvgIpc) is 1.65. The van der Waals surface area contributed by atoms with Crippen LogP contribution in [0, 0.1) is 18.6 Å². The van der Waals surface area contributed by atoms with Crippen molar-refractivity contribution < 1.29 is 8.78 Å². The molecule has 0 saturated carbocycles. The van der Waals surface area contributed by atoms with Gasteiger partial charge in [0.2, 0.25) is 0 Å². The van der Waals surface area contributed by atoms with Crippen molar-refractivity contribution in [2.24, 2.45) is 0 Å². The largest absolute Gasteiger partial charge is 0.309 e. The lowest BCUT2D eigenvalue weighted by atomic mass is 9.97. The summed E-state index contributed by atoms with van der Waals surface area (Å²) in [7, 11) is 0. The molecule has 0 unspecified atom stereocenters. The number of halogens is 2. The van der Waals surface area contributed by atoms with Crippen molar-refractivity contribution >= 4 is 43.6 Å². The standard InChI is InChI=1S/C82H53F2N5/c1-52-77(88-78-44-59(55-24-22-54(23-25-55)53-14-6-2-7-15-53)26-33-70(78)71-34-27-60(45-79(71)88)63-30-38-74(85-49-63)56-16-8-3-9-17-56)41-37-69(66-42-67(83)48-68(84)43-66)82(52)89-80-46-61(64-31-39-75(86-50-64)57-18-10-4-11-19-57)28-35-72(80)73-36-29-62(47-81(73)89)65-32-40-76(87-51-65)58-20-12-5-13-21-58/h2-51H,1H3. The van der Waals surface area contributed by atoms with E-state index in [4.69, 9.17) is 15.0 Å². The Hall–Kier alpha value is -11.7. The summed E-state index contributed by atoms with van der Waals surface area (Å²) in [5.74, 6) is -1.33. The van der Waals surface area contributed by atoms with Crippen molar-refractivity contribution in [1.29, 1.82) is 0 Å². The summed E-state index contributed by atoms with van der Waals surface area (Å²) in [5, 5.41) is 4.18. The van der Waals surface area contributed by atoms with E-state index in [1.54, 1.807) is 0 Å². The summed E-state index contributed by atoms with van der Waals surface area (Å²) in [6.07, 6.45) is 5.82. The molecule has 0 atom stereocenters. The first-order valence-electron chi connectivity index (χ1n) is 29.8. The van der Waals surface area contributed by atoms with Crippen LogP contribution in [0.3, 0.4) is 0 Å². The van der Waals surface area contributed by atoms with Crippen LogP contribution < -0.4 is 0 Å². The van der Waals surface area contributed by atoms with Crippen LogP contribution in [0.2, 0.25) is 0 Å². The second-order valence-electron chi connectivity index (χ2n) is 22.7. The molecule has 16 rings (SSSR count). The molecule has 89 heavy (non-hydrogen) atoms. The van der Waals surface area contributed by atoms with Crippen LogP contribution in [-0.2, 0) is 0 Å². The van der Waals surface area contributed by atoms with E-state index in [9.17, 15) is 0 Å². The highest BCUT2D eigenvalue weighted by Gasteiger charge is 2.25. The zero-order valence-corrected chi connectivity index (χ0v) is 48.4. The number of hydrogen-bond acceptors (Lipinski definition) is 3. The molecule has 0 aliphatic rings. The molecular formula is C82H53F2N5. The van der Waals surface area contributed by atoms with Gasteiger partial charge < -0.3 is 9.13 Å². The van der Waals surface area contributed by atoms with Gasteiger partial charge in [0.05, 0.1) is 50.5 Å². The molecule has 11 aromatic carbocycles. The van der Waals surface area contributed by atoms with Gasteiger partial charge in [-0.3, -0.25) is 15.0 Å². The number of benzene rings is 11. The van der Waals surface area contributed by atoms with Crippen molar-refractivity contribution in [3.8, 4) is 112 Å². The third kappa shape index (κ3) is 9.62. The molecule has 7 heteroatoms. The zero-order valence-electron chi connectivity index (χ0n) is 48.4. The third-order valence-corrected chi connectivity index (χ3v) is 17.4. The summed E-state index contributed by atoms with van der Waals surface area (Å²) < 4.78 is 36.5. The minimum atomic E-state index is -0.664. The van der Waals surface area contributed by atoms with E-state index in [1.807, 2.05) is 85.3 Å². The van der Waals surface area contributed by atoms with Crippen LogP contribution in [0.1, 0.15) is 5.56 Å². The van der Waals surface area contributed by atoms with E-state index in [1.165, 1.54) is 12.1 Å². The Bertz CT molecular complexity index is 5030. The fourth-order valence-corrected chi connectivity index (χ4v) is 12.9. The van der Waals surface area contributed by atoms with E-state index >= 15 is 8.78 Å². The lowest BCUT2D eigenvalue weighted by molar-refractivity contribution is 0.584. The fourth-order valence-electron chi connectivity index (χ4n) is 12.9. The van der Waals surface area contributed by atoms with Crippen molar-refractivity contribution in [3.63, 3.8) is 0 Å². The van der Waals surface area contributed by atoms with Crippen LogP contribution in [0.4, 0.5) is 8.78 Å². The molecule has 5 heterocycles. The minimum absolute atomic E-state index is 0.410. The maximum Gasteiger partial charge on any atom is 0.126 e. The molecule has 0 fully saturated rings. The van der Waals surface area contributed by atoms with Gasteiger partial charge in [-0.05, 0) is 118 Å². The average molecular weight is 1150 g/mol. The molecule has 5 aromatic heterocycles. The predicted molar refractivity (Wildman–Crippen MR) is 362 cm³/mol. The zero-order chi connectivity index (χ0) is 59.5. The molecule has 0 amide bonds. The van der Waals surface area contributed by atoms with Gasteiger partial charge >= 0.3 is 0 Å². The first kappa shape index (κ1) is 52.9. The molecule has 420 valence electrons. The highest BCUT2D eigenvalue weighted by atomic mass is 19.1. The van der Waals surface area contributed by atoms with Crippen molar-refractivity contribution in [2.75, 3.05) is 0 Å². The van der Waals surface area contributed by atoms with E-state index in [-0.39, 0.29) is 0 Å². The summed E-state index contributed by atoms with van der Waals surface area (Å²) in [5.41, 5.74) is 23.5. The molecule has 16 aromatic rings. The van der Waals surface area contributed by atoms with Gasteiger partial charge in [-0.15, -0.1) is 0 Å². The molecule has 0 bridgehead atoms. The Kier molecular flexibility index (Phi) is 13.1. The maximum atomic E-state index is 15.9. The lowest BCUT2D eigenvalue weighted by Crippen LogP contribution is -2.06. The number of pyridine rings is 3. The SMILES string of the molecule is Cc1c(-n2c3cc(-c4ccc(-c5ccccc5)cc4)ccc3c3ccc(-c4ccc(-c5ccccc5)nc4)cc32)ccc(-c2cc(F)cc(F)c2)c1-n1c2cc(-c3ccc(-c4ccccc4)nc3)ccc2c2ccc(-c3ccc(-c4ccccc4)nc3)cc21. The molecule has 0 radical (unpaired) electrons. The molecule has 0 saturated heterocycles. The molecule has 0 aliphatic carbocycles. The summed E-state index contributed by atoms with van der Waals surface area (Å²) in [6.45, 7) is 2.15. The number of rotatable bonds is 11. The molecule has 0 N–H and O–H groups in total. The quantitative estimate of drug-likeness (QED) is 0.130. The van der Waals surface area contributed by atoms with Gasteiger partial charge in [0, 0.05) is 85.1 Å². The van der Waals surface area contributed by atoms with Crippen LogP contribution in [0.25, 0.3) is 156 Å². The maximum absolute atomic E-state index is 15.9. The van der Waals surface area contributed by atoms with E-state index in [0.29, 0.717) is 11.1 Å². The molecule has 0 aliphatic heterocycles. The van der Waals surface area contributed by atoms with Crippen LogP contribution in [0.15, 0.2) is 304 Å². The first-order valence-corrected chi connectivity index (χ1v) is 29.8. The van der Waals surface area contributed by atoms with Gasteiger partial charge in [-0.1, -0.05) is 218 Å². The van der Waals surface area contributed by atoms with Crippen LogP contribution in [0.5, 0.6) is 0 Å². The van der Waals surface area contributed by atoms with Crippen LogP contribution in [-0.4, -0.2) is 24.1 Å². The second-order valence-corrected chi connectivity index (χ2v) is 22.7. The van der Waals surface area contributed by atoms with Crippen LogP contribution >= 0.6 is 0 Å². The number of aromatic nitrogens is 5. The Morgan fingerprint density at radius 3 is 0.944 bits per heavy atom. The Labute approximate surface area is 513 Å². The van der Waals surface area contributed by atoms with E-state index < -0.39 is 11.6 Å². The summed E-state index contributed by atoms with van der Waals surface area (Å²) in [4.78, 5) is 14.9.